The number of alkyl halides is 24. The minimum Gasteiger partial charge on any atom is -0.478 e. The maximum atomic E-state index is 14.2. The summed E-state index contributed by atoms with van der Waals surface area (Å²) in [7, 11) is -0.621. The van der Waals surface area contributed by atoms with Crippen LogP contribution in [0.2, 0.25) is 0 Å². The Morgan fingerprint density at radius 1 is 0.427 bits per heavy atom. The molecular weight excluding hydrogens is 1530 g/mol. The molecule has 3 fully saturated rings. The van der Waals surface area contributed by atoms with Crippen LogP contribution in [-0.4, -0.2) is 41.4 Å². The van der Waals surface area contributed by atoms with Crippen molar-refractivity contribution in [1.29, 1.82) is 0 Å². The number of nitrogens with zero attached hydrogens (tertiary/aromatic N) is 2. The molecule has 10 rings (SSSR count). The summed E-state index contributed by atoms with van der Waals surface area (Å²) in [6.45, 7) is 9.80. The number of rotatable bonds is 9. The molecule has 96 heavy (non-hydrogen) atoms. The van der Waals surface area contributed by atoms with Crippen molar-refractivity contribution in [2.75, 3.05) is 6.61 Å². The zero-order valence-electron chi connectivity index (χ0n) is 50.6. The van der Waals surface area contributed by atoms with E-state index in [1.165, 1.54) is 66.7 Å². The molecule has 0 amide bonds. The Kier molecular flexibility index (Phi) is 23.6. The van der Waals surface area contributed by atoms with Crippen molar-refractivity contribution in [2.45, 2.75) is 140 Å². The summed E-state index contributed by atoms with van der Waals surface area (Å²) in [5, 5.41) is 2.97. The maximum Gasteiger partial charge on any atom is 0.416 e. The Morgan fingerprint density at radius 2 is 0.708 bits per heavy atom. The van der Waals surface area contributed by atoms with Gasteiger partial charge in [-0.15, -0.1) is 0 Å². The Bertz CT molecular complexity index is 3190. The van der Waals surface area contributed by atoms with Gasteiger partial charge in [-0.25, -0.2) is 4.99 Å². The molecule has 5 radical (unpaired) electrons. The largest absolute Gasteiger partial charge is 0.478 e. The Balaban J connectivity index is 0.000000273. The van der Waals surface area contributed by atoms with Crippen molar-refractivity contribution in [1.82, 2.24) is 4.67 Å². The topological polar surface area (TPSA) is 24.8 Å². The van der Waals surface area contributed by atoms with Crippen molar-refractivity contribution >= 4 is 52.6 Å². The van der Waals surface area contributed by atoms with Gasteiger partial charge in [-0.05, 0) is 142 Å². The molecule has 3 nitrogen and oxygen atoms in total. The molecule has 0 aromatic heterocycles. The van der Waals surface area contributed by atoms with Gasteiger partial charge in [0.05, 0.1) is 56.6 Å². The van der Waals surface area contributed by atoms with Crippen LogP contribution in [0.15, 0.2) is 126 Å². The van der Waals surface area contributed by atoms with E-state index in [1.807, 2.05) is 0 Å². The van der Waals surface area contributed by atoms with E-state index in [1.54, 1.807) is 0 Å². The molecule has 4 aliphatic rings. The van der Waals surface area contributed by atoms with E-state index in [-0.39, 0.29) is 20.1 Å². The molecule has 2 aliphatic heterocycles. The summed E-state index contributed by atoms with van der Waals surface area (Å²) in [5.41, 5.74) is -27.4. The normalized spacial score (nSPS) is 19.4. The van der Waals surface area contributed by atoms with Crippen LogP contribution in [0.3, 0.4) is 0 Å². The summed E-state index contributed by atoms with van der Waals surface area (Å²) in [6, 6.07) is 10.4. The van der Waals surface area contributed by atoms with Crippen molar-refractivity contribution in [2.24, 2.45) is 16.8 Å². The van der Waals surface area contributed by atoms with Crippen LogP contribution in [0, 0.1) is 51.4 Å². The number of ether oxygens (including phenoxy) is 1. The number of fused-ring (bicyclic) bond motifs is 2. The predicted octanol–water partition coefficient (Wildman–Crippen LogP) is 18.5. The van der Waals surface area contributed by atoms with Crippen molar-refractivity contribution in [3.63, 3.8) is 0 Å². The number of hydrogen-bond donors (Lipinski definition) is 0. The SMILES string of the molecule is Cc1ccccc1P(c1ccccc1C)N1[C@H]2CC[C@H](C2)[C@@H]1C1=N[C@@H](C(C)C)CO1.FC(F)(F)c1cc([B-](c2cc(C(F)(F)F)cc(C(F)(F)F)c2)(c2cc(C(F)(F)F)cc(C(F)(F)F)c2)c2cc(C(F)(F)F)cc(C(F)(F)F)c2)cc(C(F)(F)F)c1.[CH]1[CH]CC[CH][CH]CC1.[Ir]. The summed E-state index contributed by atoms with van der Waals surface area (Å²) in [4.78, 5) is 5.12. The van der Waals surface area contributed by atoms with E-state index < -0.39 is 203 Å². The van der Waals surface area contributed by atoms with Gasteiger partial charge in [-0.3, -0.25) is 4.67 Å². The second-order valence-corrected chi connectivity index (χ2v) is 25.9. The molecule has 2 saturated carbocycles. The Hall–Kier alpha value is -5.79. The second-order valence-electron chi connectivity index (χ2n) is 23.8. The molecule has 0 spiro atoms. The Labute approximate surface area is 551 Å². The van der Waals surface area contributed by atoms with Crippen LogP contribution < -0.4 is 32.5 Å². The third-order valence-electron chi connectivity index (χ3n) is 17.0. The van der Waals surface area contributed by atoms with Gasteiger partial charge in [-0.2, -0.15) is 127 Å². The number of halogens is 24. The number of aliphatic imine (C=N–C) groups is 1. The van der Waals surface area contributed by atoms with E-state index in [2.05, 4.69) is 107 Å². The van der Waals surface area contributed by atoms with Crippen LogP contribution in [-0.2, 0) is 74.3 Å². The third kappa shape index (κ3) is 17.8. The van der Waals surface area contributed by atoms with E-state index >= 15 is 0 Å². The number of hydrogen-bond acceptors (Lipinski definition) is 3. The molecule has 6 aromatic rings. The fourth-order valence-electron chi connectivity index (χ4n) is 12.4. The van der Waals surface area contributed by atoms with Gasteiger partial charge < -0.3 is 4.74 Å². The second kappa shape index (κ2) is 29.2. The molecule has 2 bridgehead atoms. The first-order valence-corrected chi connectivity index (χ1v) is 30.7. The van der Waals surface area contributed by atoms with Crippen LogP contribution in [0.5, 0.6) is 0 Å². The third-order valence-corrected chi connectivity index (χ3v) is 19.9. The average molecular weight is 1580 g/mol. The van der Waals surface area contributed by atoms with Gasteiger partial charge in [0.15, 0.2) is 0 Å². The van der Waals surface area contributed by atoms with Crippen molar-refractivity contribution in [3.8, 4) is 0 Å². The quantitative estimate of drug-likeness (QED) is 0.0819. The monoisotopic (exact) mass is 1580 g/mol. The number of piperidine rings is 1. The Morgan fingerprint density at radius 3 is 0.958 bits per heavy atom. The van der Waals surface area contributed by atoms with Crippen molar-refractivity contribution in [3.05, 3.63) is 203 Å². The zero-order valence-corrected chi connectivity index (χ0v) is 53.9. The summed E-state index contributed by atoms with van der Waals surface area (Å²) in [5.74, 6) is 2.23. The first kappa shape index (κ1) is 77.6. The minimum absolute atomic E-state index is 0. The first-order valence-electron chi connectivity index (χ1n) is 29.4. The molecule has 2 aliphatic carbocycles. The van der Waals surface area contributed by atoms with Gasteiger partial charge in [0.25, 0.3) is 0 Å². The maximum absolute atomic E-state index is 14.2. The molecule has 523 valence electrons. The summed E-state index contributed by atoms with van der Waals surface area (Å²) < 4.78 is 350. The molecule has 6 aromatic carbocycles. The van der Waals surface area contributed by atoms with Gasteiger partial charge >= 0.3 is 49.4 Å². The molecular formula is C66H57BF24IrN2OP-. The fourth-order valence-corrected chi connectivity index (χ4v) is 15.5. The van der Waals surface area contributed by atoms with Gasteiger partial charge in [-0.1, -0.05) is 111 Å². The summed E-state index contributed by atoms with van der Waals surface area (Å²) in [6.07, 6.45) is -36.9. The number of benzene rings is 6. The molecule has 2 heterocycles. The smallest absolute Gasteiger partial charge is 0.416 e. The molecule has 1 saturated heterocycles. The van der Waals surface area contributed by atoms with Crippen LogP contribution in [0.25, 0.3) is 0 Å². The number of aryl methyl sites for hydroxylation is 2. The van der Waals surface area contributed by atoms with Crippen LogP contribution >= 0.6 is 8.07 Å². The fraction of sp³-hybridized carbons (Fsp3) is 0.379. The zero-order chi connectivity index (χ0) is 70.4. The standard InChI is InChI=1S/C32H12BF24.C26H33N2OP.C8H12.Ir/c34-25(35,36)13-1-14(26(37,38)39)6-21(5-13)33(22-7-15(27(40,41)42)2-16(8-22)28(43,44)45,23-9-17(29(46,47)48)3-18(10-23)30(49,50)51)24-11-19(31(52,53)54)4-20(12-24)32(55,56)57;1-17(2)22-16-29-26(27-22)25-20-13-14-21(15-20)28(25)30(23-11-7-5-9-18(23)3)24-12-8-6-10-19(24)4;1-2-4-6-8-7-5-3-1;/h1-12H;5-12,17,20-22,25H,13-16H2,1-4H3;1-2,7-8H,3-6H2;/q-1;;;/t;20-,21+,22-,25-;;/m.1../s1. The first-order chi connectivity index (χ1) is 43.8. The summed E-state index contributed by atoms with van der Waals surface area (Å²) >= 11 is 0. The molecule has 4 atom stereocenters. The molecule has 0 unspecified atom stereocenters. The average Bonchev–Trinajstić information content (AvgIpc) is 1.07. The van der Waals surface area contributed by atoms with Crippen molar-refractivity contribution < 1.29 is 130 Å². The minimum atomic E-state index is -6.13. The van der Waals surface area contributed by atoms with E-state index in [0.29, 0.717) is 30.0 Å². The molecule has 0 N–H and O–H groups in total. The van der Waals surface area contributed by atoms with Crippen LogP contribution in [0.1, 0.15) is 114 Å². The van der Waals surface area contributed by atoms with E-state index in [4.69, 9.17) is 9.73 Å². The van der Waals surface area contributed by atoms with Gasteiger partial charge in [0, 0.05) is 34.2 Å². The van der Waals surface area contributed by atoms with Gasteiger partial charge in [0.1, 0.15) is 12.8 Å². The predicted molar refractivity (Wildman–Crippen MR) is 313 cm³/mol. The van der Waals surface area contributed by atoms with Gasteiger partial charge in [0.2, 0.25) is 5.90 Å². The van der Waals surface area contributed by atoms with E-state index in [9.17, 15) is 105 Å². The van der Waals surface area contributed by atoms with Crippen LogP contribution in [0.4, 0.5) is 105 Å². The van der Waals surface area contributed by atoms with E-state index in [0.717, 1.165) is 12.5 Å². The molecule has 30 heteroatoms.